The van der Waals surface area contributed by atoms with Crippen LogP contribution >= 0.6 is 0 Å². The lowest BCUT2D eigenvalue weighted by atomic mass is 9.71. The van der Waals surface area contributed by atoms with Crippen molar-refractivity contribution >= 4 is 5.78 Å². The van der Waals surface area contributed by atoms with Crippen LogP contribution in [0.4, 0.5) is 0 Å². The van der Waals surface area contributed by atoms with Crippen LogP contribution in [0.5, 0.6) is 0 Å². The Labute approximate surface area is 112 Å². The molecule has 1 unspecified atom stereocenters. The fourth-order valence-electron chi connectivity index (χ4n) is 3.03. The van der Waals surface area contributed by atoms with Gasteiger partial charge in [-0.3, -0.25) is 4.79 Å². The Hall–Kier alpha value is -1.93. The summed E-state index contributed by atoms with van der Waals surface area (Å²) < 4.78 is 0. The molecule has 0 radical (unpaired) electrons. The molecular weight excluding hydrogens is 236 g/mol. The fraction of sp³-hybridized carbons (Fsp3) is 0.235. The van der Waals surface area contributed by atoms with E-state index in [2.05, 4.69) is 0 Å². The van der Waals surface area contributed by atoms with E-state index in [1.807, 2.05) is 62.4 Å². The van der Waals surface area contributed by atoms with E-state index in [4.69, 9.17) is 0 Å². The molecule has 1 aliphatic carbocycles. The molecule has 0 aliphatic heterocycles. The van der Waals surface area contributed by atoms with Crippen molar-refractivity contribution in [2.24, 2.45) is 5.41 Å². The number of hydrogen-bond acceptors (Lipinski definition) is 2. The van der Waals surface area contributed by atoms with E-state index in [1.165, 1.54) is 0 Å². The summed E-state index contributed by atoms with van der Waals surface area (Å²) in [5.74, 6) is -0.00514. The summed E-state index contributed by atoms with van der Waals surface area (Å²) in [6, 6.07) is 16.8. The number of rotatable bonds is 1. The van der Waals surface area contributed by atoms with Gasteiger partial charge in [0.2, 0.25) is 0 Å². The van der Waals surface area contributed by atoms with Crippen LogP contribution in [0.3, 0.4) is 0 Å². The normalized spacial score (nSPS) is 24.3. The monoisotopic (exact) mass is 252 g/mol. The standard InChI is InChI=1S/C17H16O2/c1-16(2)15(18)13-10-6-7-11-14(13)17(16,19)12-8-4-3-5-9-12/h3-11,19H,1-2H3. The minimum atomic E-state index is -1.26. The van der Waals surface area contributed by atoms with Gasteiger partial charge in [-0.05, 0) is 25.0 Å². The van der Waals surface area contributed by atoms with Gasteiger partial charge in [0.15, 0.2) is 5.78 Å². The van der Waals surface area contributed by atoms with Crippen molar-refractivity contribution in [2.45, 2.75) is 19.4 Å². The third-order valence-electron chi connectivity index (χ3n) is 4.23. The second-order valence-electron chi connectivity index (χ2n) is 5.58. The molecule has 2 aromatic carbocycles. The van der Waals surface area contributed by atoms with Crippen molar-refractivity contribution in [2.75, 3.05) is 0 Å². The van der Waals surface area contributed by atoms with Crippen LogP contribution in [-0.2, 0) is 5.60 Å². The zero-order chi connectivity index (χ0) is 13.7. The molecule has 2 nitrogen and oxygen atoms in total. The summed E-state index contributed by atoms with van der Waals surface area (Å²) >= 11 is 0. The number of ketones is 1. The van der Waals surface area contributed by atoms with E-state index >= 15 is 0 Å². The number of hydrogen-bond donors (Lipinski definition) is 1. The molecular formula is C17H16O2. The molecule has 1 atom stereocenters. The van der Waals surface area contributed by atoms with Crippen molar-refractivity contribution in [3.05, 3.63) is 71.3 Å². The number of fused-ring (bicyclic) bond motifs is 1. The fourth-order valence-corrected chi connectivity index (χ4v) is 3.03. The molecule has 0 heterocycles. The third-order valence-corrected chi connectivity index (χ3v) is 4.23. The lowest BCUT2D eigenvalue weighted by molar-refractivity contribution is -0.0113. The first-order chi connectivity index (χ1) is 8.99. The number of benzene rings is 2. The van der Waals surface area contributed by atoms with E-state index in [0.717, 1.165) is 5.56 Å². The second-order valence-corrected chi connectivity index (χ2v) is 5.58. The van der Waals surface area contributed by atoms with E-state index < -0.39 is 11.0 Å². The molecule has 0 aromatic heterocycles. The van der Waals surface area contributed by atoms with Crippen LogP contribution in [0.1, 0.15) is 35.3 Å². The molecule has 0 amide bonds. The van der Waals surface area contributed by atoms with Gasteiger partial charge in [0.25, 0.3) is 0 Å². The van der Waals surface area contributed by atoms with Crippen LogP contribution in [-0.4, -0.2) is 10.9 Å². The Bertz CT molecular complexity index is 643. The topological polar surface area (TPSA) is 37.3 Å². The van der Waals surface area contributed by atoms with Crippen LogP contribution < -0.4 is 0 Å². The summed E-state index contributed by atoms with van der Waals surface area (Å²) in [6.45, 7) is 3.62. The van der Waals surface area contributed by atoms with E-state index in [0.29, 0.717) is 11.1 Å². The van der Waals surface area contributed by atoms with Crippen LogP contribution in [0.25, 0.3) is 0 Å². The van der Waals surface area contributed by atoms with Gasteiger partial charge >= 0.3 is 0 Å². The summed E-state index contributed by atoms with van der Waals surface area (Å²) in [7, 11) is 0. The maximum Gasteiger partial charge on any atom is 0.172 e. The predicted octanol–water partition coefficient (Wildman–Crippen LogP) is 3.15. The molecule has 0 saturated carbocycles. The number of aliphatic hydroxyl groups is 1. The first kappa shape index (κ1) is 12.1. The van der Waals surface area contributed by atoms with Gasteiger partial charge in [0.05, 0.1) is 5.41 Å². The quantitative estimate of drug-likeness (QED) is 0.846. The highest BCUT2D eigenvalue weighted by Gasteiger charge is 2.57. The first-order valence-electron chi connectivity index (χ1n) is 6.42. The van der Waals surface area contributed by atoms with Crippen molar-refractivity contribution in [3.8, 4) is 0 Å². The Morgan fingerprint density at radius 3 is 2.16 bits per heavy atom. The SMILES string of the molecule is CC1(C)C(=O)c2ccccc2C1(O)c1ccccc1. The lowest BCUT2D eigenvalue weighted by Crippen LogP contribution is -2.42. The van der Waals surface area contributed by atoms with Gasteiger partial charge in [0.1, 0.15) is 5.60 Å². The Kier molecular flexibility index (Phi) is 2.41. The molecule has 2 aromatic rings. The van der Waals surface area contributed by atoms with Gasteiger partial charge < -0.3 is 5.11 Å². The van der Waals surface area contributed by atoms with Crippen molar-refractivity contribution in [1.82, 2.24) is 0 Å². The summed E-state index contributed by atoms with van der Waals surface area (Å²) in [4.78, 5) is 12.5. The highest BCUT2D eigenvalue weighted by molar-refractivity contribution is 6.06. The molecule has 3 rings (SSSR count). The third kappa shape index (κ3) is 1.38. The highest BCUT2D eigenvalue weighted by Crippen LogP contribution is 2.53. The molecule has 1 N–H and O–H groups in total. The molecule has 2 heteroatoms. The zero-order valence-electron chi connectivity index (χ0n) is 11.1. The summed E-state index contributed by atoms with van der Waals surface area (Å²) in [6.07, 6.45) is 0. The van der Waals surface area contributed by atoms with Gasteiger partial charge in [-0.1, -0.05) is 54.6 Å². The second kappa shape index (κ2) is 3.78. The Morgan fingerprint density at radius 1 is 0.895 bits per heavy atom. The number of Topliss-reactive ketones (excluding diaryl/α,β-unsaturated/α-hetero) is 1. The van der Waals surface area contributed by atoms with E-state index in [1.54, 1.807) is 6.07 Å². The largest absolute Gasteiger partial charge is 0.379 e. The maximum absolute atomic E-state index is 12.5. The minimum absolute atomic E-state index is 0.00514. The van der Waals surface area contributed by atoms with Crippen molar-refractivity contribution in [1.29, 1.82) is 0 Å². The smallest absolute Gasteiger partial charge is 0.172 e. The molecule has 1 aliphatic rings. The molecule has 0 bridgehead atoms. The van der Waals surface area contributed by atoms with Gasteiger partial charge in [-0.2, -0.15) is 0 Å². The van der Waals surface area contributed by atoms with Crippen LogP contribution in [0.15, 0.2) is 54.6 Å². The molecule has 0 spiro atoms. The Morgan fingerprint density at radius 2 is 1.47 bits per heavy atom. The van der Waals surface area contributed by atoms with Crippen LogP contribution in [0, 0.1) is 5.41 Å². The Balaban J connectivity index is 2.34. The molecule has 0 fully saturated rings. The predicted molar refractivity (Wildman–Crippen MR) is 74.0 cm³/mol. The van der Waals surface area contributed by atoms with Gasteiger partial charge in [-0.15, -0.1) is 0 Å². The van der Waals surface area contributed by atoms with E-state index in [9.17, 15) is 9.90 Å². The minimum Gasteiger partial charge on any atom is -0.379 e. The average molecular weight is 252 g/mol. The number of carbonyl (C=O) groups excluding carboxylic acids is 1. The lowest BCUT2D eigenvalue weighted by Gasteiger charge is -2.36. The van der Waals surface area contributed by atoms with Crippen molar-refractivity contribution in [3.63, 3.8) is 0 Å². The maximum atomic E-state index is 12.5. The van der Waals surface area contributed by atoms with Crippen LogP contribution in [0.2, 0.25) is 0 Å². The van der Waals surface area contributed by atoms with Crippen molar-refractivity contribution < 1.29 is 9.90 Å². The van der Waals surface area contributed by atoms with E-state index in [-0.39, 0.29) is 5.78 Å². The summed E-state index contributed by atoms with van der Waals surface area (Å²) in [5, 5.41) is 11.3. The zero-order valence-corrected chi connectivity index (χ0v) is 11.1. The molecule has 0 saturated heterocycles. The number of carbonyl (C=O) groups is 1. The summed E-state index contributed by atoms with van der Waals surface area (Å²) in [5.41, 5.74) is -0.0340. The highest BCUT2D eigenvalue weighted by atomic mass is 16.3. The molecule has 96 valence electrons. The van der Waals surface area contributed by atoms with Gasteiger partial charge in [-0.25, -0.2) is 0 Å². The first-order valence-corrected chi connectivity index (χ1v) is 6.42. The molecule has 19 heavy (non-hydrogen) atoms. The van der Waals surface area contributed by atoms with Gasteiger partial charge in [0, 0.05) is 5.56 Å². The average Bonchev–Trinajstić information content (AvgIpc) is 2.60.